The molecule has 23 heavy (non-hydrogen) atoms. The molecule has 124 valence electrons. The Morgan fingerprint density at radius 1 is 1.43 bits per heavy atom. The molecule has 2 aromatic heterocycles. The summed E-state index contributed by atoms with van der Waals surface area (Å²) in [7, 11) is 0. The van der Waals surface area contributed by atoms with E-state index in [1.54, 1.807) is 4.57 Å². The van der Waals surface area contributed by atoms with E-state index in [-0.39, 0.29) is 24.5 Å². The molecule has 1 saturated heterocycles. The lowest BCUT2D eigenvalue weighted by Gasteiger charge is -2.24. The van der Waals surface area contributed by atoms with Gasteiger partial charge < -0.3 is 25.4 Å². The molecule has 10 heteroatoms. The third kappa shape index (κ3) is 2.14. The minimum atomic E-state index is -0.927. The normalized spacial score (nSPS) is 30.4. The number of nitrogens with one attached hydrogen (secondary N) is 1. The number of ether oxygens (including phenoxy) is 1. The van der Waals surface area contributed by atoms with E-state index in [0.29, 0.717) is 18.6 Å². The first-order valence-electron chi connectivity index (χ1n) is 7.45. The minimum Gasteiger partial charge on any atom is -0.394 e. The molecule has 4 rings (SSSR count). The first-order chi connectivity index (χ1) is 11.1. The maximum absolute atomic E-state index is 12.5. The number of nitrogens with zero attached hydrogens (tertiary/aromatic N) is 4. The largest absolute Gasteiger partial charge is 0.394 e. The van der Waals surface area contributed by atoms with Gasteiger partial charge in [0.1, 0.15) is 18.6 Å². The highest BCUT2D eigenvalue weighted by Crippen LogP contribution is 2.31. The number of imidazole rings is 1. The Hall–Kier alpha value is -2.01. The number of fused-ring (bicyclic) bond motifs is 2. The zero-order valence-corrected chi connectivity index (χ0v) is 12.2. The number of rotatable bonds is 2. The molecule has 2 aliphatic rings. The minimum absolute atomic E-state index is 0.127. The van der Waals surface area contributed by atoms with E-state index in [1.807, 2.05) is 0 Å². The third-order valence-corrected chi connectivity index (χ3v) is 4.31. The molecule has 4 heterocycles. The second kappa shape index (κ2) is 5.27. The van der Waals surface area contributed by atoms with Crippen LogP contribution in [-0.4, -0.2) is 59.8 Å². The van der Waals surface area contributed by atoms with Gasteiger partial charge in [0, 0.05) is 19.4 Å². The van der Waals surface area contributed by atoms with E-state index in [0.717, 1.165) is 0 Å². The predicted molar refractivity (Wildman–Crippen MR) is 77.8 cm³/mol. The van der Waals surface area contributed by atoms with Crippen LogP contribution in [0.3, 0.4) is 0 Å². The van der Waals surface area contributed by atoms with Crippen LogP contribution in [0.25, 0.3) is 11.2 Å². The first kappa shape index (κ1) is 14.6. The van der Waals surface area contributed by atoms with Crippen LogP contribution in [0.5, 0.6) is 0 Å². The summed E-state index contributed by atoms with van der Waals surface area (Å²) < 4.78 is 8.34. The van der Waals surface area contributed by atoms with Crippen molar-refractivity contribution >= 4 is 17.1 Å². The Kier molecular flexibility index (Phi) is 3.34. The molecule has 10 nitrogen and oxygen atoms in total. The van der Waals surface area contributed by atoms with Crippen LogP contribution in [0.2, 0.25) is 0 Å². The summed E-state index contributed by atoms with van der Waals surface area (Å²) in [5.41, 5.74) is 0.0152. The van der Waals surface area contributed by atoms with E-state index in [2.05, 4.69) is 15.3 Å². The van der Waals surface area contributed by atoms with E-state index >= 15 is 0 Å². The van der Waals surface area contributed by atoms with Crippen molar-refractivity contribution in [3.63, 3.8) is 0 Å². The van der Waals surface area contributed by atoms with E-state index in [4.69, 9.17) is 4.74 Å². The molecule has 0 bridgehead atoms. The molecule has 0 radical (unpaired) electrons. The number of hydrogen-bond donors (Lipinski definition) is 4. The van der Waals surface area contributed by atoms with Crippen molar-refractivity contribution in [3.05, 3.63) is 16.7 Å². The average molecular weight is 323 g/mol. The quantitative estimate of drug-likeness (QED) is 0.527. The van der Waals surface area contributed by atoms with Crippen LogP contribution in [-0.2, 0) is 4.74 Å². The van der Waals surface area contributed by atoms with Crippen LogP contribution < -0.4 is 10.9 Å². The first-order valence-corrected chi connectivity index (χ1v) is 7.45. The van der Waals surface area contributed by atoms with Gasteiger partial charge in [-0.15, -0.1) is 0 Å². The average Bonchev–Trinajstić information content (AvgIpc) is 3.10. The van der Waals surface area contributed by atoms with E-state index in [9.17, 15) is 20.1 Å². The summed E-state index contributed by atoms with van der Waals surface area (Å²) in [5.74, 6) is 0.278. The Morgan fingerprint density at radius 3 is 3.00 bits per heavy atom. The summed E-state index contributed by atoms with van der Waals surface area (Å²) in [6.07, 6.45) is -0.838. The molecular formula is C13H17N5O5. The topological polar surface area (TPSA) is 135 Å². The lowest BCUT2D eigenvalue weighted by atomic mass is 10.2. The van der Waals surface area contributed by atoms with Crippen LogP contribution in [0.4, 0.5) is 5.95 Å². The van der Waals surface area contributed by atoms with Gasteiger partial charge in [-0.3, -0.25) is 9.36 Å². The van der Waals surface area contributed by atoms with Gasteiger partial charge in [-0.2, -0.15) is 4.98 Å². The van der Waals surface area contributed by atoms with E-state index < -0.39 is 30.2 Å². The maximum Gasteiger partial charge on any atom is 0.285 e. The Bertz CT molecular complexity index is 802. The van der Waals surface area contributed by atoms with Gasteiger partial charge in [-0.25, -0.2) is 9.55 Å². The molecule has 2 aromatic rings. The third-order valence-electron chi connectivity index (χ3n) is 4.31. The smallest absolute Gasteiger partial charge is 0.285 e. The fourth-order valence-corrected chi connectivity index (χ4v) is 3.08. The van der Waals surface area contributed by atoms with Crippen molar-refractivity contribution in [2.24, 2.45) is 0 Å². The summed E-state index contributed by atoms with van der Waals surface area (Å²) >= 11 is 0. The van der Waals surface area contributed by atoms with Crippen LogP contribution in [0.15, 0.2) is 11.1 Å². The zero-order valence-electron chi connectivity index (χ0n) is 12.2. The monoisotopic (exact) mass is 323 g/mol. The van der Waals surface area contributed by atoms with Gasteiger partial charge in [0.25, 0.3) is 5.56 Å². The van der Waals surface area contributed by atoms with Gasteiger partial charge in [-0.05, 0) is 0 Å². The zero-order chi connectivity index (χ0) is 16.1. The number of aromatic nitrogens is 4. The highest BCUT2D eigenvalue weighted by molar-refractivity contribution is 5.71. The lowest BCUT2D eigenvalue weighted by Crippen LogP contribution is -2.34. The molecule has 1 fully saturated rings. The number of anilines is 1. The summed E-state index contributed by atoms with van der Waals surface area (Å²) in [6, 6.07) is 0. The number of hydrogen-bond acceptors (Lipinski definition) is 8. The fraction of sp³-hybridized carbons (Fsp3) is 0.615. The molecule has 4 N–H and O–H groups in total. The second-order valence-corrected chi connectivity index (χ2v) is 5.75. The second-order valence-electron chi connectivity index (χ2n) is 5.75. The Morgan fingerprint density at radius 2 is 2.26 bits per heavy atom. The molecular weight excluding hydrogens is 306 g/mol. The highest BCUT2D eigenvalue weighted by Gasteiger charge is 2.36. The van der Waals surface area contributed by atoms with Crippen molar-refractivity contribution in [2.45, 2.75) is 37.5 Å². The number of aliphatic hydroxyl groups excluding tert-OH is 3. The summed E-state index contributed by atoms with van der Waals surface area (Å²) in [5, 5.41) is 32.0. The molecule has 0 aliphatic carbocycles. The molecule has 0 spiro atoms. The molecule has 2 aliphatic heterocycles. The van der Waals surface area contributed by atoms with Gasteiger partial charge >= 0.3 is 0 Å². The Labute approximate surface area is 130 Å². The summed E-state index contributed by atoms with van der Waals surface area (Å²) in [4.78, 5) is 21.0. The molecule has 0 saturated carbocycles. The van der Waals surface area contributed by atoms with Gasteiger partial charge in [0.05, 0.1) is 19.0 Å². The summed E-state index contributed by atoms with van der Waals surface area (Å²) in [6.45, 7) is 0.224. The highest BCUT2D eigenvalue weighted by atomic mass is 16.5. The predicted octanol–water partition coefficient (Wildman–Crippen LogP) is -1.46. The number of aliphatic hydroxyl groups is 3. The van der Waals surface area contributed by atoms with Crippen molar-refractivity contribution in [1.29, 1.82) is 0 Å². The van der Waals surface area contributed by atoms with Crippen molar-refractivity contribution < 1.29 is 20.1 Å². The van der Waals surface area contributed by atoms with Gasteiger partial charge in [-0.1, -0.05) is 0 Å². The molecule has 1 unspecified atom stereocenters. The van der Waals surface area contributed by atoms with E-state index in [1.165, 1.54) is 10.9 Å². The maximum atomic E-state index is 12.5. The standard InChI is InChI=1S/C13H17N5O5/c19-4-7-6(20)3-9(23-7)17-5-15-10-11(17)16-13-14-2-1-8(21)18(13)12(10)22/h5-9,19-21H,1-4H2,(H,14,16)/t6-,7+,8?,9+/m0/s1. The van der Waals surface area contributed by atoms with Crippen LogP contribution in [0, 0.1) is 0 Å². The molecule has 4 atom stereocenters. The SMILES string of the molecule is O=c1c2ncn([C@H]3C[C@H](O)[C@@H](CO)O3)c2nc2n1C(O)CCN2. The van der Waals surface area contributed by atoms with Crippen LogP contribution >= 0.6 is 0 Å². The van der Waals surface area contributed by atoms with Crippen molar-refractivity contribution in [3.8, 4) is 0 Å². The van der Waals surface area contributed by atoms with Crippen molar-refractivity contribution in [2.75, 3.05) is 18.5 Å². The van der Waals surface area contributed by atoms with Gasteiger partial charge in [0.15, 0.2) is 11.2 Å². The molecule has 0 amide bonds. The Balaban J connectivity index is 1.82. The van der Waals surface area contributed by atoms with Crippen LogP contribution in [0.1, 0.15) is 25.3 Å². The van der Waals surface area contributed by atoms with Crippen molar-refractivity contribution in [1.82, 2.24) is 19.1 Å². The van der Waals surface area contributed by atoms with Gasteiger partial charge in [0.2, 0.25) is 5.95 Å². The molecule has 0 aromatic carbocycles. The fourth-order valence-electron chi connectivity index (χ4n) is 3.08. The lowest BCUT2D eigenvalue weighted by molar-refractivity contribution is -0.0432.